The summed E-state index contributed by atoms with van der Waals surface area (Å²) in [5, 5.41) is 0. The number of halogens is 4. The largest absolute Gasteiger partial charge is 0.455 e. The molecule has 0 unspecified atom stereocenters. The van der Waals surface area contributed by atoms with Crippen LogP contribution in [0.25, 0.3) is 0 Å². The van der Waals surface area contributed by atoms with Crippen LogP contribution in [0.4, 0.5) is 4.39 Å². The van der Waals surface area contributed by atoms with Crippen molar-refractivity contribution in [1.29, 1.82) is 0 Å². The van der Waals surface area contributed by atoms with Crippen LogP contribution in [-0.4, -0.2) is 0 Å². The number of hydrogen-bond acceptors (Lipinski definition) is 1. The van der Waals surface area contributed by atoms with Crippen molar-refractivity contribution >= 4 is 43.5 Å². The molecule has 94 valence electrons. The van der Waals surface area contributed by atoms with Crippen LogP contribution in [0.1, 0.15) is 5.56 Å². The maximum Gasteiger partial charge on any atom is 0.144 e. The minimum atomic E-state index is -0.346. The Hall–Kier alpha value is -0.580. The molecule has 0 saturated carbocycles. The fraction of sp³-hybridized carbons (Fsp3) is 0.0769. The first kappa shape index (κ1) is 13.8. The fourth-order valence-corrected chi connectivity index (χ4v) is 2.39. The average molecular weight is 394 g/mol. The van der Waals surface area contributed by atoms with Crippen LogP contribution in [0.15, 0.2) is 45.3 Å². The van der Waals surface area contributed by atoms with Crippen molar-refractivity contribution in [2.45, 2.75) is 5.88 Å². The highest BCUT2D eigenvalue weighted by atomic mass is 79.9. The third-order valence-electron chi connectivity index (χ3n) is 2.26. The van der Waals surface area contributed by atoms with Gasteiger partial charge in [0.25, 0.3) is 0 Å². The SMILES string of the molecule is Fc1ccc(Br)c(Oc2ccc(CCl)cc2Br)c1. The first-order chi connectivity index (χ1) is 8.60. The van der Waals surface area contributed by atoms with Gasteiger partial charge in [-0.05, 0) is 61.7 Å². The number of hydrogen-bond donors (Lipinski definition) is 0. The van der Waals surface area contributed by atoms with Crippen LogP contribution < -0.4 is 4.74 Å². The van der Waals surface area contributed by atoms with E-state index in [1.54, 1.807) is 12.1 Å². The molecular formula is C13H8Br2ClFO. The van der Waals surface area contributed by atoms with Gasteiger partial charge >= 0.3 is 0 Å². The maximum atomic E-state index is 13.1. The molecule has 0 aliphatic heterocycles. The van der Waals surface area contributed by atoms with Gasteiger partial charge in [0, 0.05) is 11.9 Å². The second-order valence-electron chi connectivity index (χ2n) is 3.58. The van der Waals surface area contributed by atoms with Crippen LogP contribution in [-0.2, 0) is 5.88 Å². The Morgan fingerprint density at radius 2 is 1.78 bits per heavy atom. The molecule has 0 spiro atoms. The molecule has 0 aliphatic carbocycles. The van der Waals surface area contributed by atoms with E-state index in [4.69, 9.17) is 16.3 Å². The highest BCUT2D eigenvalue weighted by Crippen LogP contribution is 2.34. The van der Waals surface area contributed by atoms with Crippen LogP contribution in [0.3, 0.4) is 0 Å². The number of benzene rings is 2. The number of alkyl halides is 1. The summed E-state index contributed by atoms with van der Waals surface area (Å²) in [6, 6.07) is 9.81. The molecular weight excluding hydrogens is 386 g/mol. The Morgan fingerprint density at radius 3 is 2.44 bits per heavy atom. The van der Waals surface area contributed by atoms with Gasteiger partial charge in [0.1, 0.15) is 17.3 Å². The van der Waals surface area contributed by atoms with Gasteiger partial charge in [-0.15, -0.1) is 11.6 Å². The quantitative estimate of drug-likeness (QED) is 0.591. The summed E-state index contributed by atoms with van der Waals surface area (Å²) in [7, 11) is 0. The molecule has 2 aromatic carbocycles. The van der Waals surface area contributed by atoms with Gasteiger partial charge in [-0.2, -0.15) is 0 Å². The third-order valence-corrected chi connectivity index (χ3v) is 3.85. The minimum Gasteiger partial charge on any atom is -0.455 e. The smallest absolute Gasteiger partial charge is 0.144 e. The first-order valence-corrected chi connectivity index (χ1v) is 7.19. The predicted octanol–water partition coefficient (Wildman–Crippen LogP) is 5.88. The molecule has 0 saturated heterocycles. The van der Waals surface area contributed by atoms with E-state index < -0.39 is 0 Å². The van der Waals surface area contributed by atoms with E-state index in [-0.39, 0.29) is 5.82 Å². The van der Waals surface area contributed by atoms with E-state index >= 15 is 0 Å². The van der Waals surface area contributed by atoms with Crippen LogP contribution >= 0.6 is 43.5 Å². The molecule has 0 heterocycles. The fourth-order valence-electron chi connectivity index (χ4n) is 1.38. The van der Waals surface area contributed by atoms with Crippen molar-refractivity contribution in [3.63, 3.8) is 0 Å². The molecule has 0 N–H and O–H groups in total. The van der Waals surface area contributed by atoms with Crippen molar-refractivity contribution in [2.24, 2.45) is 0 Å². The lowest BCUT2D eigenvalue weighted by Gasteiger charge is -2.10. The summed E-state index contributed by atoms with van der Waals surface area (Å²) < 4.78 is 20.2. The van der Waals surface area contributed by atoms with E-state index in [9.17, 15) is 4.39 Å². The normalized spacial score (nSPS) is 10.4. The van der Waals surface area contributed by atoms with Crippen LogP contribution in [0.2, 0.25) is 0 Å². The zero-order chi connectivity index (χ0) is 13.1. The summed E-state index contributed by atoms with van der Waals surface area (Å²) >= 11 is 12.4. The number of rotatable bonds is 3. The Morgan fingerprint density at radius 1 is 1.00 bits per heavy atom. The van der Waals surface area contributed by atoms with Crippen molar-refractivity contribution in [3.05, 3.63) is 56.7 Å². The van der Waals surface area contributed by atoms with Crippen LogP contribution in [0.5, 0.6) is 11.5 Å². The highest BCUT2D eigenvalue weighted by Gasteiger charge is 2.08. The van der Waals surface area contributed by atoms with Crippen molar-refractivity contribution in [2.75, 3.05) is 0 Å². The summed E-state index contributed by atoms with van der Waals surface area (Å²) in [6.07, 6.45) is 0. The summed E-state index contributed by atoms with van der Waals surface area (Å²) in [5.41, 5.74) is 0.981. The predicted molar refractivity (Wildman–Crippen MR) is 77.9 cm³/mol. The lowest BCUT2D eigenvalue weighted by molar-refractivity contribution is 0.470. The second kappa shape index (κ2) is 6.04. The lowest BCUT2D eigenvalue weighted by Crippen LogP contribution is -1.89. The molecule has 0 atom stereocenters. The minimum absolute atomic E-state index is 0.346. The summed E-state index contributed by atoms with van der Waals surface area (Å²) in [4.78, 5) is 0. The van der Waals surface area contributed by atoms with Crippen molar-refractivity contribution in [3.8, 4) is 11.5 Å². The van der Waals surface area contributed by atoms with E-state index in [1.165, 1.54) is 12.1 Å². The molecule has 0 aliphatic rings. The second-order valence-corrected chi connectivity index (χ2v) is 5.55. The van der Waals surface area contributed by atoms with Gasteiger partial charge in [-0.1, -0.05) is 6.07 Å². The first-order valence-electron chi connectivity index (χ1n) is 5.07. The molecule has 0 fully saturated rings. The molecule has 0 aromatic heterocycles. The van der Waals surface area contributed by atoms with E-state index in [0.717, 1.165) is 10.0 Å². The summed E-state index contributed by atoms with van der Waals surface area (Å²) in [5.74, 6) is 1.12. The Balaban J connectivity index is 2.31. The molecule has 2 aromatic rings. The molecule has 1 nitrogen and oxygen atoms in total. The van der Waals surface area contributed by atoms with E-state index in [2.05, 4.69) is 31.9 Å². The highest BCUT2D eigenvalue weighted by molar-refractivity contribution is 9.11. The maximum absolute atomic E-state index is 13.1. The zero-order valence-corrected chi connectivity index (χ0v) is 13.0. The van der Waals surface area contributed by atoms with E-state index in [0.29, 0.717) is 21.9 Å². The molecule has 0 bridgehead atoms. The van der Waals surface area contributed by atoms with Gasteiger partial charge in [0.2, 0.25) is 0 Å². The molecule has 0 radical (unpaired) electrons. The topological polar surface area (TPSA) is 9.23 Å². The third kappa shape index (κ3) is 3.25. The molecule has 2 rings (SSSR count). The molecule has 5 heteroatoms. The monoisotopic (exact) mass is 392 g/mol. The Kier molecular flexibility index (Phi) is 4.65. The van der Waals surface area contributed by atoms with Crippen LogP contribution in [0, 0.1) is 5.82 Å². The lowest BCUT2D eigenvalue weighted by atomic mass is 10.2. The molecule has 18 heavy (non-hydrogen) atoms. The van der Waals surface area contributed by atoms with Crippen molar-refractivity contribution in [1.82, 2.24) is 0 Å². The van der Waals surface area contributed by atoms with Crippen molar-refractivity contribution < 1.29 is 9.13 Å². The average Bonchev–Trinajstić information content (AvgIpc) is 2.36. The van der Waals surface area contributed by atoms with E-state index in [1.807, 2.05) is 12.1 Å². The van der Waals surface area contributed by atoms with Gasteiger partial charge in [-0.25, -0.2) is 4.39 Å². The van der Waals surface area contributed by atoms with Gasteiger partial charge in [-0.3, -0.25) is 0 Å². The zero-order valence-electron chi connectivity index (χ0n) is 9.09. The van der Waals surface area contributed by atoms with Gasteiger partial charge < -0.3 is 4.74 Å². The van der Waals surface area contributed by atoms with Gasteiger partial charge in [0.05, 0.1) is 8.95 Å². The Labute approximate surface area is 126 Å². The summed E-state index contributed by atoms with van der Waals surface area (Å²) in [6.45, 7) is 0. The molecule has 0 amide bonds. The standard InChI is InChI=1S/C13H8Br2ClFO/c14-10-3-2-9(17)6-13(10)18-12-4-1-8(7-16)5-11(12)15/h1-6H,7H2. The Bertz CT molecular complexity index is 575. The van der Waals surface area contributed by atoms with Gasteiger partial charge in [0.15, 0.2) is 0 Å². The number of ether oxygens (including phenoxy) is 1.